The van der Waals surface area contributed by atoms with E-state index in [-0.39, 0.29) is 17.5 Å². The molecule has 0 bridgehead atoms. The summed E-state index contributed by atoms with van der Waals surface area (Å²) in [5.41, 5.74) is -0.204. The smallest absolute Gasteiger partial charge is 0.311 e. The maximum absolute atomic E-state index is 13.3. The zero-order valence-corrected chi connectivity index (χ0v) is 10.1. The third kappa shape index (κ3) is 2.82. The summed E-state index contributed by atoms with van der Waals surface area (Å²) in [5.74, 6) is -2.81. The van der Waals surface area contributed by atoms with E-state index >= 15 is 0 Å². The molecule has 0 aliphatic carbocycles. The lowest BCUT2D eigenvalue weighted by atomic mass is 9.92. The van der Waals surface area contributed by atoms with E-state index in [1.165, 1.54) is 13.0 Å². The lowest BCUT2D eigenvalue weighted by Crippen LogP contribution is -2.14. The molecule has 1 N–H and O–H groups in total. The van der Waals surface area contributed by atoms with Crippen LogP contribution in [0.25, 0.3) is 0 Å². The van der Waals surface area contributed by atoms with Crippen LogP contribution in [0, 0.1) is 22.9 Å². The lowest BCUT2D eigenvalue weighted by Gasteiger charge is -2.13. The van der Waals surface area contributed by atoms with Gasteiger partial charge in [0.1, 0.15) is 5.82 Å². The zero-order valence-electron chi connectivity index (χ0n) is 10.1. The van der Waals surface area contributed by atoms with E-state index in [4.69, 9.17) is 5.11 Å². The molecule has 0 fully saturated rings. The highest BCUT2D eigenvalue weighted by atomic mass is 19.1. The molecule has 1 aromatic carbocycles. The average molecular weight is 255 g/mol. The molecule has 0 aliphatic heterocycles. The van der Waals surface area contributed by atoms with Crippen molar-refractivity contribution in [3.05, 3.63) is 39.2 Å². The number of rotatable bonds is 5. The monoisotopic (exact) mass is 255 g/mol. The first-order valence-corrected chi connectivity index (χ1v) is 5.55. The fraction of sp³-hybridized carbons (Fsp3) is 0.417. The van der Waals surface area contributed by atoms with Crippen molar-refractivity contribution < 1.29 is 19.2 Å². The van der Waals surface area contributed by atoms with Crippen molar-refractivity contribution in [2.24, 2.45) is 0 Å². The Morgan fingerprint density at radius 1 is 1.56 bits per heavy atom. The van der Waals surface area contributed by atoms with Crippen LogP contribution in [0.15, 0.2) is 12.1 Å². The molecule has 98 valence electrons. The quantitative estimate of drug-likeness (QED) is 0.647. The molecular weight excluding hydrogens is 241 g/mol. The Hall–Kier alpha value is -1.98. The fourth-order valence-electron chi connectivity index (χ4n) is 1.83. The number of nitro groups is 1. The summed E-state index contributed by atoms with van der Waals surface area (Å²) in [7, 11) is 0. The number of carboxylic acids is 1. The molecule has 0 saturated heterocycles. The van der Waals surface area contributed by atoms with Crippen LogP contribution in [0.1, 0.15) is 36.8 Å². The topological polar surface area (TPSA) is 80.4 Å². The molecule has 18 heavy (non-hydrogen) atoms. The second kappa shape index (κ2) is 5.57. The molecule has 0 aromatic heterocycles. The SMILES string of the molecule is CCCC(C(=O)O)c1cc(C)c(F)cc1[N+](=O)[O-]. The van der Waals surface area contributed by atoms with Gasteiger partial charge in [-0.2, -0.15) is 0 Å². The first kappa shape index (κ1) is 14.1. The van der Waals surface area contributed by atoms with Gasteiger partial charge in [0.25, 0.3) is 5.69 Å². The number of aryl methyl sites for hydroxylation is 1. The highest BCUT2D eigenvalue weighted by molar-refractivity contribution is 5.78. The molecular formula is C12H14FNO4. The Morgan fingerprint density at radius 3 is 2.61 bits per heavy atom. The van der Waals surface area contributed by atoms with Crippen molar-refractivity contribution in [2.75, 3.05) is 0 Å². The van der Waals surface area contributed by atoms with Gasteiger partial charge in [0.2, 0.25) is 0 Å². The van der Waals surface area contributed by atoms with Crippen molar-refractivity contribution in [1.29, 1.82) is 0 Å². The summed E-state index contributed by atoms with van der Waals surface area (Å²) < 4.78 is 13.3. The number of nitro benzene ring substituents is 1. The van der Waals surface area contributed by atoms with Crippen LogP contribution in [-0.4, -0.2) is 16.0 Å². The minimum absolute atomic E-state index is 0.0632. The number of carboxylic acid groups (broad SMARTS) is 1. The Kier molecular flexibility index (Phi) is 4.36. The molecule has 0 spiro atoms. The number of nitrogens with zero attached hydrogens (tertiary/aromatic N) is 1. The van der Waals surface area contributed by atoms with Crippen molar-refractivity contribution in [3.8, 4) is 0 Å². The van der Waals surface area contributed by atoms with Gasteiger partial charge < -0.3 is 5.11 Å². The van der Waals surface area contributed by atoms with Gasteiger partial charge in [-0.3, -0.25) is 14.9 Å². The van der Waals surface area contributed by atoms with E-state index in [0.717, 1.165) is 6.07 Å². The molecule has 0 heterocycles. The van der Waals surface area contributed by atoms with E-state index in [0.29, 0.717) is 6.42 Å². The van der Waals surface area contributed by atoms with Crippen LogP contribution >= 0.6 is 0 Å². The van der Waals surface area contributed by atoms with Crippen LogP contribution in [-0.2, 0) is 4.79 Å². The van der Waals surface area contributed by atoms with Crippen LogP contribution in [0.3, 0.4) is 0 Å². The minimum atomic E-state index is -1.13. The molecule has 0 saturated carbocycles. The molecule has 1 rings (SSSR count). The standard InChI is InChI=1S/C12H14FNO4/c1-3-4-8(12(15)16)9-5-7(2)10(13)6-11(9)14(17)18/h5-6,8H,3-4H2,1-2H3,(H,15,16). The van der Waals surface area contributed by atoms with E-state index in [1.807, 2.05) is 0 Å². The number of benzene rings is 1. The highest BCUT2D eigenvalue weighted by Crippen LogP contribution is 2.32. The molecule has 0 radical (unpaired) electrons. The molecule has 6 heteroatoms. The van der Waals surface area contributed by atoms with Crippen molar-refractivity contribution >= 4 is 11.7 Å². The van der Waals surface area contributed by atoms with Crippen LogP contribution in [0.2, 0.25) is 0 Å². The van der Waals surface area contributed by atoms with Gasteiger partial charge in [-0.15, -0.1) is 0 Å². The van der Waals surface area contributed by atoms with Gasteiger partial charge in [0, 0.05) is 5.56 Å². The minimum Gasteiger partial charge on any atom is -0.481 e. The van der Waals surface area contributed by atoms with Gasteiger partial charge in [-0.25, -0.2) is 4.39 Å². The second-order valence-corrected chi connectivity index (χ2v) is 4.10. The van der Waals surface area contributed by atoms with Gasteiger partial charge >= 0.3 is 5.97 Å². The van der Waals surface area contributed by atoms with E-state index < -0.39 is 28.3 Å². The average Bonchev–Trinajstić information content (AvgIpc) is 2.28. The van der Waals surface area contributed by atoms with E-state index in [9.17, 15) is 19.3 Å². The summed E-state index contributed by atoms with van der Waals surface area (Å²) in [4.78, 5) is 21.3. The van der Waals surface area contributed by atoms with Gasteiger partial charge in [0.15, 0.2) is 0 Å². The third-order valence-electron chi connectivity index (χ3n) is 2.76. The van der Waals surface area contributed by atoms with Crippen molar-refractivity contribution in [2.45, 2.75) is 32.6 Å². The number of hydrogen-bond acceptors (Lipinski definition) is 3. The van der Waals surface area contributed by atoms with Crippen LogP contribution < -0.4 is 0 Å². The van der Waals surface area contributed by atoms with Gasteiger partial charge in [-0.05, 0) is 25.0 Å². The Morgan fingerprint density at radius 2 is 2.17 bits per heavy atom. The van der Waals surface area contributed by atoms with Gasteiger partial charge in [0.05, 0.1) is 16.9 Å². The zero-order chi connectivity index (χ0) is 13.9. The number of hydrogen-bond donors (Lipinski definition) is 1. The summed E-state index contributed by atoms with van der Waals surface area (Å²) in [6, 6.07) is 2.04. The molecule has 5 nitrogen and oxygen atoms in total. The van der Waals surface area contributed by atoms with Crippen LogP contribution in [0.4, 0.5) is 10.1 Å². The molecule has 0 aliphatic rings. The third-order valence-corrected chi connectivity index (χ3v) is 2.76. The molecule has 1 aromatic rings. The number of aliphatic carboxylic acids is 1. The normalized spacial score (nSPS) is 12.2. The maximum Gasteiger partial charge on any atom is 0.311 e. The van der Waals surface area contributed by atoms with Crippen molar-refractivity contribution in [1.82, 2.24) is 0 Å². The second-order valence-electron chi connectivity index (χ2n) is 4.10. The van der Waals surface area contributed by atoms with Crippen LogP contribution in [0.5, 0.6) is 0 Å². The highest BCUT2D eigenvalue weighted by Gasteiger charge is 2.28. The Labute approximate surface area is 103 Å². The fourth-order valence-corrected chi connectivity index (χ4v) is 1.83. The molecule has 1 atom stereocenters. The summed E-state index contributed by atoms with van der Waals surface area (Å²) in [6.07, 6.45) is 0.853. The Bertz CT molecular complexity index is 487. The summed E-state index contributed by atoms with van der Waals surface area (Å²) >= 11 is 0. The Balaban J connectivity index is 3.40. The summed E-state index contributed by atoms with van der Waals surface area (Å²) in [5, 5.41) is 20.0. The first-order chi connectivity index (χ1) is 8.38. The first-order valence-electron chi connectivity index (χ1n) is 5.55. The predicted molar refractivity (Wildman–Crippen MR) is 63.1 cm³/mol. The van der Waals surface area contributed by atoms with E-state index in [2.05, 4.69) is 0 Å². The number of carbonyl (C=O) groups is 1. The molecule has 0 amide bonds. The number of halogens is 1. The molecule has 1 unspecified atom stereocenters. The van der Waals surface area contributed by atoms with Gasteiger partial charge in [-0.1, -0.05) is 13.3 Å². The lowest BCUT2D eigenvalue weighted by molar-refractivity contribution is -0.385. The van der Waals surface area contributed by atoms with Crippen molar-refractivity contribution in [3.63, 3.8) is 0 Å². The predicted octanol–water partition coefficient (Wildman–Crippen LogP) is 3.01. The summed E-state index contributed by atoms with van der Waals surface area (Å²) in [6.45, 7) is 3.24. The largest absolute Gasteiger partial charge is 0.481 e. The van der Waals surface area contributed by atoms with E-state index in [1.54, 1.807) is 6.92 Å². The maximum atomic E-state index is 13.3.